The summed E-state index contributed by atoms with van der Waals surface area (Å²) in [7, 11) is 0. The number of aromatic nitrogens is 1. The monoisotopic (exact) mass is 930 g/mol. The van der Waals surface area contributed by atoms with Gasteiger partial charge < -0.3 is 13.9 Å². The van der Waals surface area contributed by atoms with Gasteiger partial charge in [0.15, 0.2) is 0 Å². The van der Waals surface area contributed by atoms with Crippen LogP contribution in [-0.4, -0.2) is 4.57 Å². The fourth-order valence-corrected chi connectivity index (χ4v) is 13.7. The molecule has 3 nitrogen and oxygen atoms in total. The molecule has 0 unspecified atom stereocenters. The lowest BCUT2D eigenvalue weighted by molar-refractivity contribution is 0.661. The Bertz CT molecular complexity index is 4420. The van der Waals surface area contributed by atoms with Crippen LogP contribution in [0, 0.1) is 0 Å². The van der Waals surface area contributed by atoms with Gasteiger partial charge in [0, 0.05) is 55.0 Å². The predicted molar refractivity (Wildman–Crippen MR) is 302 cm³/mol. The largest absolute Gasteiger partial charge is 0.456 e. The lowest BCUT2D eigenvalue weighted by Crippen LogP contribution is -2.28. The van der Waals surface area contributed by atoms with Gasteiger partial charge in [-0.25, -0.2) is 0 Å². The van der Waals surface area contributed by atoms with E-state index in [0.29, 0.717) is 0 Å². The van der Waals surface area contributed by atoms with Gasteiger partial charge in [-0.05, 0) is 116 Å². The third kappa shape index (κ3) is 5.33. The van der Waals surface area contributed by atoms with Gasteiger partial charge in [0.2, 0.25) is 0 Å². The number of fused-ring (bicyclic) bond motifs is 12. The highest BCUT2D eigenvalue weighted by Crippen LogP contribution is 2.61. The first-order valence-corrected chi connectivity index (χ1v) is 25.5. The highest BCUT2D eigenvalue weighted by molar-refractivity contribution is 6.19. The summed E-state index contributed by atoms with van der Waals surface area (Å²) in [6.45, 7) is 4.78. The molecule has 11 aromatic carbocycles. The first kappa shape index (κ1) is 40.5. The molecule has 1 aliphatic heterocycles. The van der Waals surface area contributed by atoms with E-state index >= 15 is 0 Å². The average Bonchev–Trinajstić information content (AvgIpc) is 4.14. The van der Waals surface area contributed by atoms with Crippen molar-refractivity contribution in [2.75, 3.05) is 4.90 Å². The molecular formula is C70H46N2O. The first-order valence-electron chi connectivity index (χ1n) is 25.5. The zero-order chi connectivity index (χ0) is 48.2. The molecule has 16 rings (SSSR count). The standard InChI is InChI=1S/C70H46N2O/c1-69(2)57-26-15-24-52-50-37-33-44(41-62(50)72-60-28-13-10-21-49(60)53-38-39-58(69)67(66(52)57)68(53)72)43-31-34-47(35-32-43)71(48-36-40-64-55(42-48)51-22-11-14-30-63(51)73-64)61-29-16-27-59-65(61)54-23-9-12-25-56(54)70(59,45-17-5-3-6-18-45)46-19-7-4-8-20-46/h3-42H,1-2H3. The molecule has 3 heterocycles. The van der Waals surface area contributed by atoms with Crippen LogP contribution >= 0.6 is 0 Å². The van der Waals surface area contributed by atoms with Crippen molar-refractivity contribution in [3.05, 3.63) is 276 Å². The highest BCUT2D eigenvalue weighted by Gasteiger charge is 2.47. The summed E-state index contributed by atoms with van der Waals surface area (Å²) in [4.78, 5) is 2.47. The molecule has 0 spiro atoms. The lowest BCUT2D eigenvalue weighted by Gasteiger charge is -2.34. The maximum Gasteiger partial charge on any atom is 0.135 e. The van der Waals surface area contributed by atoms with E-state index in [9.17, 15) is 0 Å². The summed E-state index contributed by atoms with van der Waals surface area (Å²) in [6, 6.07) is 90.2. The summed E-state index contributed by atoms with van der Waals surface area (Å²) in [6.07, 6.45) is 0. The van der Waals surface area contributed by atoms with Crippen molar-refractivity contribution < 1.29 is 4.42 Å². The van der Waals surface area contributed by atoms with Gasteiger partial charge in [0.1, 0.15) is 11.2 Å². The Morgan fingerprint density at radius 2 is 1.01 bits per heavy atom. The number of anilines is 3. The molecule has 0 atom stereocenters. The summed E-state index contributed by atoms with van der Waals surface area (Å²) < 4.78 is 9.00. The van der Waals surface area contributed by atoms with E-state index in [2.05, 4.69) is 260 Å². The summed E-state index contributed by atoms with van der Waals surface area (Å²) >= 11 is 0. The van der Waals surface area contributed by atoms with Crippen LogP contribution < -0.4 is 4.90 Å². The Labute approximate surface area is 423 Å². The molecule has 3 aliphatic rings. The molecule has 2 aliphatic carbocycles. The zero-order valence-electron chi connectivity index (χ0n) is 40.4. The van der Waals surface area contributed by atoms with E-state index < -0.39 is 5.41 Å². The van der Waals surface area contributed by atoms with Crippen molar-refractivity contribution in [1.29, 1.82) is 0 Å². The maximum atomic E-state index is 6.43. The van der Waals surface area contributed by atoms with Crippen LogP contribution in [0.5, 0.6) is 0 Å². The van der Waals surface area contributed by atoms with Crippen LogP contribution in [0.4, 0.5) is 17.1 Å². The van der Waals surface area contributed by atoms with Gasteiger partial charge in [0.25, 0.3) is 0 Å². The zero-order valence-corrected chi connectivity index (χ0v) is 40.4. The molecule has 0 radical (unpaired) electrons. The Kier molecular flexibility index (Phi) is 8.16. The fourth-order valence-electron chi connectivity index (χ4n) is 13.7. The molecule has 0 fully saturated rings. The van der Waals surface area contributed by atoms with Crippen LogP contribution in [0.3, 0.4) is 0 Å². The number of furan rings is 1. The first-order chi connectivity index (χ1) is 36.0. The number of hydrogen-bond donors (Lipinski definition) is 0. The average molecular weight is 931 g/mol. The molecule has 0 saturated heterocycles. The van der Waals surface area contributed by atoms with E-state index in [1.165, 1.54) is 99.8 Å². The van der Waals surface area contributed by atoms with E-state index in [1.54, 1.807) is 0 Å². The minimum atomic E-state index is -0.536. The topological polar surface area (TPSA) is 21.3 Å². The van der Waals surface area contributed by atoms with Crippen LogP contribution in [0.15, 0.2) is 247 Å². The quantitative estimate of drug-likeness (QED) is 0.166. The normalized spacial score (nSPS) is 14.1. The van der Waals surface area contributed by atoms with Crippen LogP contribution in [0.25, 0.3) is 93.9 Å². The minimum Gasteiger partial charge on any atom is -0.456 e. The van der Waals surface area contributed by atoms with E-state index in [1.807, 2.05) is 6.07 Å². The van der Waals surface area contributed by atoms with Crippen molar-refractivity contribution in [3.63, 3.8) is 0 Å². The smallest absolute Gasteiger partial charge is 0.135 e. The Morgan fingerprint density at radius 3 is 1.84 bits per heavy atom. The molecule has 0 bridgehead atoms. The van der Waals surface area contributed by atoms with Crippen molar-refractivity contribution in [2.24, 2.45) is 0 Å². The highest BCUT2D eigenvalue weighted by atomic mass is 16.3. The molecule has 0 saturated carbocycles. The third-order valence-electron chi connectivity index (χ3n) is 16.8. The Morgan fingerprint density at radius 1 is 0.384 bits per heavy atom. The van der Waals surface area contributed by atoms with Gasteiger partial charge in [-0.3, -0.25) is 0 Å². The molecule has 342 valence electrons. The minimum absolute atomic E-state index is 0.0998. The molecule has 0 amide bonds. The Hall–Kier alpha value is -9.18. The summed E-state index contributed by atoms with van der Waals surface area (Å²) in [5.41, 5.74) is 26.1. The van der Waals surface area contributed by atoms with E-state index in [0.717, 1.165) is 44.6 Å². The number of para-hydroxylation sites is 2. The molecule has 3 heteroatoms. The van der Waals surface area contributed by atoms with Crippen LogP contribution in [0.1, 0.15) is 47.2 Å². The van der Waals surface area contributed by atoms with Crippen molar-refractivity contribution in [3.8, 4) is 50.2 Å². The Balaban J connectivity index is 0.909. The van der Waals surface area contributed by atoms with Crippen molar-refractivity contribution in [1.82, 2.24) is 4.57 Å². The van der Waals surface area contributed by atoms with E-state index in [4.69, 9.17) is 4.42 Å². The second-order valence-corrected chi connectivity index (χ2v) is 20.7. The fraction of sp³-hybridized carbons (Fsp3) is 0.0571. The SMILES string of the molecule is CC1(C)c2cccc3c2-c2c1ccc1c4ccccc4n(c21)-c1cc(-c2ccc(N(c4ccc5oc6ccccc6c5c4)c4cccc5c4-c4ccccc4C5(c4ccccc4)c4ccccc4)cc2)ccc1-3. The van der Waals surface area contributed by atoms with Gasteiger partial charge >= 0.3 is 0 Å². The third-order valence-corrected chi connectivity index (χ3v) is 16.8. The number of benzene rings is 11. The predicted octanol–water partition coefficient (Wildman–Crippen LogP) is 18.5. The second-order valence-electron chi connectivity index (χ2n) is 20.7. The summed E-state index contributed by atoms with van der Waals surface area (Å²) in [5, 5.41) is 4.78. The number of nitrogens with zero attached hydrogens (tertiary/aromatic N) is 2. The molecular weight excluding hydrogens is 885 g/mol. The number of hydrogen-bond acceptors (Lipinski definition) is 2. The summed E-state index contributed by atoms with van der Waals surface area (Å²) in [5.74, 6) is 0. The van der Waals surface area contributed by atoms with Gasteiger partial charge in [-0.15, -0.1) is 0 Å². The van der Waals surface area contributed by atoms with Crippen LogP contribution in [0.2, 0.25) is 0 Å². The van der Waals surface area contributed by atoms with Gasteiger partial charge in [-0.1, -0.05) is 202 Å². The van der Waals surface area contributed by atoms with Gasteiger partial charge in [0.05, 0.1) is 27.8 Å². The van der Waals surface area contributed by atoms with Crippen molar-refractivity contribution in [2.45, 2.75) is 24.7 Å². The molecule has 73 heavy (non-hydrogen) atoms. The van der Waals surface area contributed by atoms with Crippen molar-refractivity contribution >= 4 is 60.8 Å². The van der Waals surface area contributed by atoms with E-state index in [-0.39, 0.29) is 5.41 Å². The maximum absolute atomic E-state index is 6.43. The lowest BCUT2D eigenvalue weighted by atomic mass is 9.68. The van der Waals surface area contributed by atoms with Crippen LogP contribution in [-0.2, 0) is 10.8 Å². The molecule has 13 aromatic rings. The molecule has 0 N–H and O–H groups in total. The second kappa shape index (κ2) is 14.7. The molecule has 2 aromatic heterocycles. The number of rotatable bonds is 6. The van der Waals surface area contributed by atoms with Gasteiger partial charge in [-0.2, -0.15) is 0 Å².